The highest BCUT2D eigenvalue weighted by atomic mass is 16.5. The fourth-order valence-electron chi connectivity index (χ4n) is 1.40. The third-order valence-electron chi connectivity index (χ3n) is 2.24. The van der Waals surface area contributed by atoms with E-state index in [0.717, 1.165) is 32.5 Å². The van der Waals surface area contributed by atoms with E-state index in [4.69, 9.17) is 4.74 Å². The molecular formula is C10H17NO2. The molecule has 1 saturated heterocycles. The average molecular weight is 183 g/mol. The van der Waals surface area contributed by atoms with Gasteiger partial charge in [-0.25, -0.2) is 0 Å². The molecular weight excluding hydrogens is 166 g/mol. The Balaban J connectivity index is 2.17. The quantitative estimate of drug-likeness (QED) is 0.523. The molecule has 74 valence electrons. The van der Waals surface area contributed by atoms with Gasteiger partial charge in [-0.3, -0.25) is 4.79 Å². The van der Waals surface area contributed by atoms with E-state index >= 15 is 0 Å². The molecule has 1 aliphatic heterocycles. The smallest absolute Gasteiger partial charge is 0.223 e. The minimum absolute atomic E-state index is 0.165. The highest BCUT2D eigenvalue weighted by Crippen LogP contribution is 2.14. The van der Waals surface area contributed by atoms with Crippen LogP contribution >= 0.6 is 0 Å². The molecule has 1 fully saturated rings. The Morgan fingerprint density at radius 1 is 1.54 bits per heavy atom. The van der Waals surface area contributed by atoms with Crippen LogP contribution in [-0.2, 0) is 9.53 Å². The van der Waals surface area contributed by atoms with Crippen molar-refractivity contribution in [1.29, 1.82) is 0 Å². The summed E-state index contributed by atoms with van der Waals surface area (Å²) in [6.45, 7) is 5.75. The lowest BCUT2D eigenvalue weighted by Crippen LogP contribution is -2.34. The molecule has 0 unspecified atom stereocenters. The number of amides is 1. The molecule has 1 amide bonds. The van der Waals surface area contributed by atoms with Crippen molar-refractivity contribution in [3.8, 4) is 0 Å². The second-order valence-corrected chi connectivity index (χ2v) is 3.26. The standard InChI is InChI=1S/C10H17NO2/c1-2-3-6-11-10(12)9-4-7-13-8-5-9/h2,9H,1,3-8H2,(H,11,12). The Hall–Kier alpha value is -0.830. The third-order valence-corrected chi connectivity index (χ3v) is 2.24. The Morgan fingerprint density at radius 3 is 2.85 bits per heavy atom. The fraction of sp³-hybridized carbons (Fsp3) is 0.700. The predicted octanol–water partition coefficient (Wildman–Crippen LogP) is 1.11. The summed E-state index contributed by atoms with van der Waals surface area (Å²) in [6.07, 6.45) is 4.37. The summed E-state index contributed by atoms with van der Waals surface area (Å²) < 4.78 is 5.18. The van der Waals surface area contributed by atoms with Crippen LogP contribution in [-0.4, -0.2) is 25.7 Å². The first-order valence-electron chi connectivity index (χ1n) is 4.81. The topological polar surface area (TPSA) is 38.3 Å². The Kier molecular flexibility index (Phi) is 4.54. The van der Waals surface area contributed by atoms with Crippen molar-refractivity contribution in [3.63, 3.8) is 0 Å². The van der Waals surface area contributed by atoms with E-state index in [1.807, 2.05) is 6.08 Å². The van der Waals surface area contributed by atoms with Gasteiger partial charge in [-0.15, -0.1) is 6.58 Å². The van der Waals surface area contributed by atoms with Crippen molar-refractivity contribution < 1.29 is 9.53 Å². The van der Waals surface area contributed by atoms with Gasteiger partial charge in [0.05, 0.1) is 0 Å². The molecule has 0 radical (unpaired) electrons. The molecule has 0 aromatic rings. The lowest BCUT2D eigenvalue weighted by atomic mass is 9.99. The van der Waals surface area contributed by atoms with Crippen LogP contribution in [0.5, 0.6) is 0 Å². The van der Waals surface area contributed by atoms with Crippen LogP contribution in [0.3, 0.4) is 0 Å². The Labute approximate surface area is 79.2 Å². The van der Waals surface area contributed by atoms with E-state index in [9.17, 15) is 4.79 Å². The Bertz CT molecular complexity index is 174. The monoisotopic (exact) mass is 183 g/mol. The van der Waals surface area contributed by atoms with Crippen molar-refractivity contribution in [2.24, 2.45) is 5.92 Å². The molecule has 1 aliphatic rings. The number of rotatable bonds is 4. The van der Waals surface area contributed by atoms with Gasteiger partial charge in [-0.05, 0) is 19.3 Å². The van der Waals surface area contributed by atoms with Crippen molar-refractivity contribution >= 4 is 5.91 Å². The van der Waals surface area contributed by atoms with Crippen LogP contribution in [0, 0.1) is 5.92 Å². The first-order chi connectivity index (χ1) is 6.34. The molecule has 3 nitrogen and oxygen atoms in total. The molecule has 1 rings (SSSR count). The number of nitrogens with one attached hydrogen (secondary N) is 1. The van der Waals surface area contributed by atoms with Gasteiger partial charge in [0.25, 0.3) is 0 Å². The van der Waals surface area contributed by atoms with Crippen LogP contribution in [0.1, 0.15) is 19.3 Å². The molecule has 0 bridgehead atoms. The van der Waals surface area contributed by atoms with Crippen molar-refractivity contribution in [1.82, 2.24) is 5.32 Å². The van der Waals surface area contributed by atoms with Crippen LogP contribution < -0.4 is 5.32 Å². The van der Waals surface area contributed by atoms with E-state index in [-0.39, 0.29) is 11.8 Å². The maximum absolute atomic E-state index is 11.5. The maximum Gasteiger partial charge on any atom is 0.223 e. The number of hydrogen-bond acceptors (Lipinski definition) is 2. The van der Waals surface area contributed by atoms with Gasteiger partial charge in [-0.1, -0.05) is 6.08 Å². The molecule has 0 aromatic carbocycles. The van der Waals surface area contributed by atoms with Gasteiger partial charge >= 0.3 is 0 Å². The largest absolute Gasteiger partial charge is 0.381 e. The summed E-state index contributed by atoms with van der Waals surface area (Å²) in [5.41, 5.74) is 0. The molecule has 0 saturated carbocycles. The summed E-state index contributed by atoms with van der Waals surface area (Å²) in [5, 5.41) is 2.89. The Morgan fingerprint density at radius 2 is 2.23 bits per heavy atom. The SMILES string of the molecule is C=CCCNC(=O)C1CCOCC1. The van der Waals surface area contributed by atoms with Crippen LogP contribution in [0.15, 0.2) is 12.7 Å². The van der Waals surface area contributed by atoms with E-state index in [0.29, 0.717) is 6.54 Å². The lowest BCUT2D eigenvalue weighted by Gasteiger charge is -2.20. The molecule has 13 heavy (non-hydrogen) atoms. The second-order valence-electron chi connectivity index (χ2n) is 3.26. The third kappa shape index (κ3) is 3.59. The lowest BCUT2D eigenvalue weighted by molar-refractivity contribution is -0.127. The number of ether oxygens (including phenoxy) is 1. The van der Waals surface area contributed by atoms with Crippen molar-refractivity contribution in [3.05, 3.63) is 12.7 Å². The number of hydrogen-bond donors (Lipinski definition) is 1. The van der Waals surface area contributed by atoms with Crippen LogP contribution in [0.25, 0.3) is 0 Å². The summed E-state index contributed by atoms with van der Waals surface area (Å²) in [6, 6.07) is 0. The zero-order valence-electron chi connectivity index (χ0n) is 7.92. The summed E-state index contributed by atoms with van der Waals surface area (Å²) in [5.74, 6) is 0.337. The molecule has 1 N–H and O–H groups in total. The summed E-state index contributed by atoms with van der Waals surface area (Å²) in [7, 11) is 0. The van der Waals surface area contributed by atoms with Gasteiger partial charge < -0.3 is 10.1 Å². The molecule has 3 heteroatoms. The van der Waals surface area contributed by atoms with E-state index in [1.165, 1.54) is 0 Å². The summed E-state index contributed by atoms with van der Waals surface area (Å²) in [4.78, 5) is 11.5. The highest BCUT2D eigenvalue weighted by molar-refractivity contribution is 5.78. The molecule has 0 aromatic heterocycles. The normalized spacial score (nSPS) is 18.2. The highest BCUT2D eigenvalue weighted by Gasteiger charge is 2.20. The van der Waals surface area contributed by atoms with Crippen LogP contribution in [0.4, 0.5) is 0 Å². The van der Waals surface area contributed by atoms with Crippen molar-refractivity contribution in [2.45, 2.75) is 19.3 Å². The second kappa shape index (κ2) is 5.75. The van der Waals surface area contributed by atoms with Gasteiger partial charge in [0.2, 0.25) is 5.91 Å². The van der Waals surface area contributed by atoms with Crippen LogP contribution in [0.2, 0.25) is 0 Å². The fourth-order valence-corrected chi connectivity index (χ4v) is 1.40. The van der Waals surface area contributed by atoms with E-state index < -0.39 is 0 Å². The van der Waals surface area contributed by atoms with Gasteiger partial charge in [0.15, 0.2) is 0 Å². The van der Waals surface area contributed by atoms with E-state index in [2.05, 4.69) is 11.9 Å². The predicted molar refractivity (Wildman–Crippen MR) is 51.4 cm³/mol. The molecule has 1 heterocycles. The van der Waals surface area contributed by atoms with E-state index in [1.54, 1.807) is 0 Å². The van der Waals surface area contributed by atoms with Gasteiger partial charge in [0.1, 0.15) is 0 Å². The molecule has 0 aliphatic carbocycles. The zero-order chi connectivity index (χ0) is 9.52. The minimum Gasteiger partial charge on any atom is -0.381 e. The summed E-state index contributed by atoms with van der Waals surface area (Å²) >= 11 is 0. The minimum atomic E-state index is 0.165. The first-order valence-corrected chi connectivity index (χ1v) is 4.81. The molecule has 0 spiro atoms. The van der Waals surface area contributed by atoms with Gasteiger partial charge in [0, 0.05) is 25.7 Å². The maximum atomic E-state index is 11.5. The van der Waals surface area contributed by atoms with Gasteiger partial charge in [-0.2, -0.15) is 0 Å². The molecule has 0 atom stereocenters. The average Bonchev–Trinajstić information content (AvgIpc) is 2.19. The number of carbonyl (C=O) groups excluding carboxylic acids is 1. The zero-order valence-corrected chi connectivity index (χ0v) is 7.92. The first kappa shape index (κ1) is 10.3. The number of carbonyl (C=O) groups is 1. The van der Waals surface area contributed by atoms with Crippen molar-refractivity contribution in [2.75, 3.05) is 19.8 Å².